The number of hydrogen-bond acceptors (Lipinski definition) is 5. The van der Waals surface area contributed by atoms with Crippen LogP contribution in [-0.4, -0.2) is 61.5 Å². The molecule has 3 aliphatic rings. The maximum atomic E-state index is 6.35. The Morgan fingerprint density at radius 3 is 2.14 bits per heavy atom. The Labute approximate surface area is 178 Å². The lowest BCUT2D eigenvalue weighted by Crippen LogP contribution is -2.42. The quantitative estimate of drug-likeness (QED) is 0.364. The summed E-state index contributed by atoms with van der Waals surface area (Å²) >= 11 is 0. The van der Waals surface area contributed by atoms with Crippen LogP contribution in [0.2, 0.25) is 0 Å². The summed E-state index contributed by atoms with van der Waals surface area (Å²) in [5.74, 6) is -0.577. The highest BCUT2D eigenvalue weighted by Gasteiger charge is 2.55. The number of ether oxygens (including phenoxy) is 4. The minimum absolute atomic E-state index is 0.0130. The minimum Gasteiger partial charge on any atom is -0.373 e. The van der Waals surface area contributed by atoms with Crippen molar-refractivity contribution in [1.82, 2.24) is 4.90 Å². The number of likely N-dealkylation sites (tertiary alicyclic amines) is 1. The monoisotopic (exact) mass is 411 g/mol. The van der Waals surface area contributed by atoms with E-state index < -0.39 is 5.79 Å². The van der Waals surface area contributed by atoms with Crippen LogP contribution in [0.25, 0.3) is 0 Å². The van der Waals surface area contributed by atoms with E-state index in [0.717, 1.165) is 19.6 Å². The smallest absolute Gasteiger partial charge is 0.190 e. The standard InChI is InChI=1S/C24H45NO4/c1-4-5-6-7-8-9-10-11-12-15-18-26-21-20(19-25-16-13-14-17-25)27-23-22(21)28-24(2,3)29-23/h20-23H,4-19H2,1-3H3/t20-,21+,22-,23-/m1/s1. The lowest BCUT2D eigenvalue weighted by molar-refractivity contribution is -0.219. The predicted octanol–water partition coefficient (Wildman–Crippen LogP) is 5.26. The molecule has 3 fully saturated rings. The molecule has 0 saturated carbocycles. The molecule has 0 aromatic rings. The highest BCUT2D eigenvalue weighted by molar-refractivity contribution is 4.95. The van der Waals surface area contributed by atoms with Gasteiger partial charge >= 0.3 is 0 Å². The van der Waals surface area contributed by atoms with E-state index in [1.165, 1.54) is 83.7 Å². The van der Waals surface area contributed by atoms with Gasteiger partial charge in [0.15, 0.2) is 12.1 Å². The van der Waals surface area contributed by atoms with Gasteiger partial charge in [-0.2, -0.15) is 0 Å². The van der Waals surface area contributed by atoms with Gasteiger partial charge in [-0.15, -0.1) is 0 Å². The van der Waals surface area contributed by atoms with Crippen LogP contribution in [0.15, 0.2) is 0 Å². The molecule has 3 heterocycles. The van der Waals surface area contributed by atoms with E-state index in [9.17, 15) is 0 Å². The summed E-state index contributed by atoms with van der Waals surface area (Å²) in [6.07, 6.45) is 15.7. The van der Waals surface area contributed by atoms with Crippen molar-refractivity contribution >= 4 is 0 Å². The van der Waals surface area contributed by atoms with Gasteiger partial charge in [0.05, 0.1) is 0 Å². The lowest BCUT2D eigenvalue weighted by atomic mass is 10.1. The number of hydrogen-bond donors (Lipinski definition) is 0. The van der Waals surface area contributed by atoms with E-state index in [1.807, 2.05) is 13.8 Å². The molecule has 0 bridgehead atoms. The first-order valence-corrected chi connectivity index (χ1v) is 12.4. The molecule has 0 unspecified atom stereocenters. The highest BCUT2D eigenvalue weighted by atomic mass is 16.8. The summed E-state index contributed by atoms with van der Waals surface area (Å²) < 4.78 is 24.7. The Hall–Kier alpha value is -0.200. The average molecular weight is 412 g/mol. The van der Waals surface area contributed by atoms with E-state index in [1.54, 1.807) is 0 Å². The van der Waals surface area contributed by atoms with Crippen LogP contribution >= 0.6 is 0 Å². The van der Waals surface area contributed by atoms with Gasteiger partial charge in [0.2, 0.25) is 0 Å². The summed E-state index contributed by atoms with van der Waals surface area (Å²) in [7, 11) is 0. The topological polar surface area (TPSA) is 40.2 Å². The van der Waals surface area contributed by atoms with Gasteiger partial charge < -0.3 is 23.8 Å². The van der Waals surface area contributed by atoms with Gasteiger partial charge in [-0.25, -0.2) is 0 Å². The van der Waals surface area contributed by atoms with Crippen molar-refractivity contribution in [3.05, 3.63) is 0 Å². The first-order valence-electron chi connectivity index (χ1n) is 12.4. The van der Waals surface area contributed by atoms with Crippen molar-refractivity contribution in [1.29, 1.82) is 0 Å². The second-order valence-corrected chi connectivity index (χ2v) is 9.67. The normalized spacial score (nSPS) is 31.6. The molecule has 3 aliphatic heterocycles. The molecule has 0 radical (unpaired) electrons. The van der Waals surface area contributed by atoms with Crippen molar-refractivity contribution in [2.24, 2.45) is 0 Å². The van der Waals surface area contributed by atoms with Crippen LogP contribution in [0.1, 0.15) is 97.8 Å². The fraction of sp³-hybridized carbons (Fsp3) is 1.00. The van der Waals surface area contributed by atoms with E-state index in [2.05, 4.69) is 11.8 Å². The second kappa shape index (κ2) is 12.0. The summed E-state index contributed by atoms with van der Waals surface area (Å²) in [4.78, 5) is 2.49. The van der Waals surface area contributed by atoms with Gasteiger partial charge in [-0.05, 0) is 46.2 Å². The summed E-state index contributed by atoms with van der Waals surface area (Å²) in [6, 6.07) is 0. The molecular weight excluding hydrogens is 366 g/mol. The van der Waals surface area contributed by atoms with Gasteiger partial charge in [0.1, 0.15) is 18.3 Å². The SMILES string of the molecule is CCCCCCCCCCCCO[C@@H]1[C@H]2OC(C)(C)O[C@H]2O[C@@H]1CN1CCCC1. The van der Waals surface area contributed by atoms with Crippen LogP contribution in [0.4, 0.5) is 0 Å². The van der Waals surface area contributed by atoms with Crippen molar-refractivity contribution in [3.8, 4) is 0 Å². The molecule has 3 saturated heterocycles. The highest BCUT2D eigenvalue weighted by Crippen LogP contribution is 2.39. The zero-order chi connectivity index (χ0) is 20.5. The van der Waals surface area contributed by atoms with Gasteiger partial charge in [-0.3, -0.25) is 0 Å². The van der Waals surface area contributed by atoms with Gasteiger partial charge in [0.25, 0.3) is 0 Å². The molecule has 0 N–H and O–H groups in total. The van der Waals surface area contributed by atoms with Crippen LogP contribution in [-0.2, 0) is 18.9 Å². The number of rotatable bonds is 14. The fourth-order valence-electron chi connectivity index (χ4n) is 4.92. The lowest BCUT2D eigenvalue weighted by Gasteiger charge is -2.28. The molecule has 0 amide bonds. The Kier molecular flexibility index (Phi) is 9.70. The zero-order valence-corrected chi connectivity index (χ0v) is 19.2. The van der Waals surface area contributed by atoms with Crippen LogP contribution in [0.3, 0.4) is 0 Å². The molecule has 5 heteroatoms. The molecule has 29 heavy (non-hydrogen) atoms. The number of unbranched alkanes of at least 4 members (excludes halogenated alkanes) is 9. The van der Waals surface area contributed by atoms with Crippen molar-refractivity contribution in [2.45, 2.75) is 128 Å². The molecule has 0 aliphatic carbocycles. The Bertz CT molecular complexity index is 452. The summed E-state index contributed by atoms with van der Waals surface area (Å²) in [6.45, 7) is 10.3. The van der Waals surface area contributed by atoms with E-state index >= 15 is 0 Å². The molecular formula is C24H45NO4. The Morgan fingerprint density at radius 1 is 0.862 bits per heavy atom. The minimum atomic E-state index is -0.577. The molecule has 5 nitrogen and oxygen atoms in total. The summed E-state index contributed by atoms with van der Waals surface area (Å²) in [5, 5.41) is 0. The zero-order valence-electron chi connectivity index (χ0n) is 19.2. The second-order valence-electron chi connectivity index (χ2n) is 9.67. The third-order valence-corrected chi connectivity index (χ3v) is 6.53. The van der Waals surface area contributed by atoms with E-state index in [-0.39, 0.29) is 24.6 Å². The molecule has 3 rings (SSSR count). The first kappa shape index (κ1) is 23.5. The number of fused-ring (bicyclic) bond motifs is 1. The maximum absolute atomic E-state index is 6.35. The predicted molar refractivity (Wildman–Crippen MR) is 116 cm³/mol. The van der Waals surface area contributed by atoms with Crippen LogP contribution < -0.4 is 0 Å². The van der Waals surface area contributed by atoms with E-state index in [4.69, 9.17) is 18.9 Å². The molecule has 0 aromatic carbocycles. The van der Waals surface area contributed by atoms with Gasteiger partial charge in [0, 0.05) is 13.2 Å². The average Bonchev–Trinajstić information content (AvgIpc) is 3.36. The Balaban J connectivity index is 1.32. The van der Waals surface area contributed by atoms with Crippen LogP contribution in [0.5, 0.6) is 0 Å². The fourth-order valence-corrected chi connectivity index (χ4v) is 4.92. The molecule has 4 atom stereocenters. The third-order valence-electron chi connectivity index (χ3n) is 6.53. The molecule has 0 aromatic heterocycles. The number of nitrogens with zero attached hydrogens (tertiary/aromatic N) is 1. The first-order chi connectivity index (χ1) is 14.1. The van der Waals surface area contributed by atoms with Crippen LogP contribution in [0, 0.1) is 0 Å². The Morgan fingerprint density at radius 2 is 1.48 bits per heavy atom. The van der Waals surface area contributed by atoms with Crippen molar-refractivity contribution in [3.63, 3.8) is 0 Å². The van der Waals surface area contributed by atoms with Crippen molar-refractivity contribution < 1.29 is 18.9 Å². The summed E-state index contributed by atoms with van der Waals surface area (Å²) in [5.41, 5.74) is 0. The molecule has 0 spiro atoms. The largest absolute Gasteiger partial charge is 0.373 e. The third kappa shape index (κ3) is 7.46. The maximum Gasteiger partial charge on any atom is 0.190 e. The van der Waals surface area contributed by atoms with Crippen molar-refractivity contribution in [2.75, 3.05) is 26.2 Å². The van der Waals surface area contributed by atoms with Gasteiger partial charge in [-0.1, -0.05) is 64.7 Å². The molecule has 170 valence electrons. The van der Waals surface area contributed by atoms with E-state index in [0.29, 0.717) is 0 Å².